The molecule has 1 N–H and O–H groups in total. The van der Waals surface area contributed by atoms with Crippen molar-refractivity contribution >= 4 is 27.6 Å². The Labute approximate surface area is 232 Å². The number of rotatable bonds is 7. The number of allylic oxidation sites excluding steroid dienone is 2. The number of aromatic nitrogens is 2. The van der Waals surface area contributed by atoms with Crippen LogP contribution in [0.2, 0.25) is 0 Å². The summed E-state index contributed by atoms with van der Waals surface area (Å²) in [6.45, 7) is 8.07. The van der Waals surface area contributed by atoms with E-state index in [1.54, 1.807) is 0 Å². The summed E-state index contributed by atoms with van der Waals surface area (Å²) >= 11 is 0. The molecule has 2 aromatic carbocycles. The van der Waals surface area contributed by atoms with Crippen molar-refractivity contribution in [2.24, 2.45) is 11.8 Å². The average molecular weight is 674 g/mol. The zero-order valence-electron chi connectivity index (χ0n) is 21.7. The van der Waals surface area contributed by atoms with Crippen molar-refractivity contribution in [3.05, 3.63) is 72.6 Å². The molecular formula is C31H33IrN2O3-. The van der Waals surface area contributed by atoms with Crippen molar-refractivity contribution in [1.82, 2.24) is 9.97 Å². The second-order valence-electron chi connectivity index (χ2n) is 9.03. The first-order chi connectivity index (χ1) is 17.5. The number of benzene rings is 2. The predicted octanol–water partition coefficient (Wildman–Crippen LogP) is 8.22. The topological polar surface area (TPSA) is 72.3 Å². The standard InChI is InChI=1S/C18H9N2O.C13H24O2.Ir/c1-3-7-14-13(6-1)17-16-12(9-10-19-17)11-5-2-4-8-15(11)21-18(16)20-14;1-5-10(6-2)12(14)9-13(15)11(7-3)8-4;/h1-5,7-10H;9-11,14H,5-8H2,1-4H3;/q-1;;/b;12-9-;. The fourth-order valence-corrected chi connectivity index (χ4v) is 4.70. The van der Waals surface area contributed by atoms with Crippen LogP contribution in [0.1, 0.15) is 53.4 Å². The van der Waals surface area contributed by atoms with E-state index < -0.39 is 0 Å². The van der Waals surface area contributed by atoms with Gasteiger partial charge in [0.05, 0.1) is 5.76 Å². The molecule has 5 nitrogen and oxygen atoms in total. The summed E-state index contributed by atoms with van der Waals surface area (Å²) in [5, 5.41) is 11.7. The van der Waals surface area contributed by atoms with Gasteiger partial charge >= 0.3 is 0 Å². The third-order valence-electron chi connectivity index (χ3n) is 6.92. The van der Waals surface area contributed by atoms with Crippen LogP contribution < -0.4 is 4.74 Å². The van der Waals surface area contributed by atoms with E-state index in [0.29, 0.717) is 5.88 Å². The largest absolute Gasteiger partial charge is 0.512 e. The molecule has 0 unspecified atom stereocenters. The molecule has 2 aromatic heterocycles. The quantitative estimate of drug-likeness (QED) is 0.0816. The molecule has 1 aliphatic heterocycles. The SMILES string of the molecule is CCC(CC)C(=O)/C=C(\O)C(CC)CC.[Ir].[c-]1cccc2nc3c4c(ccnc4c12)-c1ccccc1O3. The summed E-state index contributed by atoms with van der Waals surface area (Å²) in [5.41, 5.74) is 3.93. The molecular weight excluding hydrogens is 641 g/mol. The number of pyridine rings is 2. The van der Waals surface area contributed by atoms with Gasteiger partial charge in [-0.2, -0.15) is 0 Å². The Bertz CT molecular complexity index is 1410. The summed E-state index contributed by atoms with van der Waals surface area (Å²) in [6, 6.07) is 19.0. The van der Waals surface area contributed by atoms with E-state index in [1.165, 1.54) is 6.08 Å². The van der Waals surface area contributed by atoms with Crippen molar-refractivity contribution in [3.63, 3.8) is 0 Å². The summed E-state index contributed by atoms with van der Waals surface area (Å²) in [6.07, 6.45) is 6.74. The molecule has 6 heteroatoms. The maximum atomic E-state index is 11.7. The second kappa shape index (κ2) is 12.9. The Morgan fingerprint density at radius 1 is 0.973 bits per heavy atom. The molecule has 195 valence electrons. The first-order valence-electron chi connectivity index (χ1n) is 12.8. The van der Waals surface area contributed by atoms with Crippen molar-refractivity contribution < 1.29 is 34.7 Å². The average Bonchev–Trinajstić information content (AvgIpc) is 2.90. The van der Waals surface area contributed by atoms with Gasteiger partial charge in [-0.25, -0.2) is 0 Å². The first kappa shape index (κ1) is 28.5. The maximum absolute atomic E-state index is 11.7. The van der Waals surface area contributed by atoms with Gasteiger partial charge in [0, 0.05) is 60.7 Å². The molecule has 5 rings (SSSR count). The molecule has 0 atom stereocenters. The number of aliphatic hydroxyl groups excluding tert-OH is 1. The number of hydrogen-bond acceptors (Lipinski definition) is 5. The van der Waals surface area contributed by atoms with E-state index in [-0.39, 0.29) is 43.5 Å². The van der Waals surface area contributed by atoms with Gasteiger partial charge < -0.3 is 14.8 Å². The second-order valence-corrected chi connectivity index (χ2v) is 9.03. The van der Waals surface area contributed by atoms with Gasteiger partial charge in [0.1, 0.15) is 5.75 Å². The van der Waals surface area contributed by atoms with Gasteiger partial charge in [-0.15, -0.1) is 24.3 Å². The van der Waals surface area contributed by atoms with Crippen molar-refractivity contribution in [3.8, 4) is 22.8 Å². The van der Waals surface area contributed by atoms with Crippen LogP contribution in [-0.2, 0) is 24.9 Å². The summed E-state index contributed by atoms with van der Waals surface area (Å²) in [4.78, 5) is 20.9. The summed E-state index contributed by atoms with van der Waals surface area (Å²) in [7, 11) is 0. The smallest absolute Gasteiger partial charge is 0.211 e. The van der Waals surface area contributed by atoms with Crippen LogP contribution in [0, 0.1) is 17.9 Å². The van der Waals surface area contributed by atoms with Crippen LogP contribution in [0.15, 0.2) is 66.6 Å². The molecule has 0 saturated heterocycles. The van der Waals surface area contributed by atoms with E-state index in [4.69, 9.17) is 4.74 Å². The van der Waals surface area contributed by atoms with Gasteiger partial charge in [0.15, 0.2) is 5.78 Å². The maximum Gasteiger partial charge on any atom is 0.211 e. The van der Waals surface area contributed by atoms with Crippen LogP contribution in [0.5, 0.6) is 11.6 Å². The monoisotopic (exact) mass is 674 g/mol. The molecule has 0 spiro atoms. The fourth-order valence-electron chi connectivity index (χ4n) is 4.70. The van der Waals surface area contributed by atoms with Crippen LogP contribution in [-0.4, -0.2) is 20.9 Å². The molecule has 3 heterocycles. The van der Waals surface area contributed by atoms with E-state index in [9.17, 15) is 9.90 Å². The zero-order valence-corrected chi connectivity index (χ0v) is 24.1. The number of hydrogen-bond donors (Lipinski definition) is 1. The molecule has 1 aliphatic rings. The number of carbonyl (C=O) groups excluding carboxylic acids is 1. The Kier molecular flexibility index (Phi) is 9.96. The fraction of sp³-hybridized carbons (Fsp3) is 0.323. The third-order valence-corrected chi connectivity index (χ3v) is 6.92. The normalized spacial score (nSPS) is 12.0. The Morgan fingerprint density at radius 2 is 1.68 bits per heavy atom. The molecule has 0 bridgehead atoms. The summed E-state index contributed by atoms with van der Waals surface area (Å²) in [5.74, 6) is 2.01. The van der Waals surface area contributed by atoms with E-state index in [1.807, 2.05) is 76.4 Å². The minimum atomic E-state index is 0. The Balaban J connectivity index is 0.000000214. The summed E-state index contributed by atoms with van der Waals surface area (Å²) < 4.78 is 5.99. The van der Waals surface area contributed by atoms with Gasteiger partial charge in [0.25, 0.3) is 0 Å². The molecule has 0 fully saturated rings. The van der Waals surface area contributed by atoms with E-state index in [2.05, 4.69) is 22.1 Å². The third kappa shape index (κ3) is 5.92. The van der Waals surface area contributed by atoms with Crippen LogP contribution in [0.25, 0.3) is 32.9 Å². The molecule has 0 saturated carbocycles. The number of aliphatic hydroxyl groups is 1. The van der Waals surface area contributed by atoms with E-state index in [0.717, 1.165) is 64.4 Å². The van der Waals surface area contributed by atoms with Gasteiger partial charge in [-0.05, 0) is 48.9 Å². The number of para-hydroxylation sites is 1. The van der Waals surface area contributed by atoms with Crippen LogP contribution >= 0.6 is 0 Å². The minimum Gasteiger partial charge on any atom is -0.512 e. The molecule has 4 aromatic rings. The predicted molar refractivity (Wildman–Crippen MR) is 145 cm³/mol. The molecule has 0 amide bonds. The van der Waals surface area contributed by atoms with E-state index >= 15 is 0 Å². The van der Waals surface area contributed by atoms with Gasteiger partial charge in [-0.1, -0.05) is 51.3 Å². The number of ketones is 1. The van der Waals surface area contributed by atoms with Crippen LogP contribution in [0.3, 0.4) is 0 Å². The van der Waals surface area contributed by atoms with Crippen LogP contribution in [0.4, 0.5) is 0 Å². The zero-order chi connectivity index (χ0) is 25.7. The molecule has 0 aliphatic carbocycles. The van der Waals surface area contributed by atoms with Crippen molar-refractivity contribution in [2.75, 3.05) is 0 Å². The first-order valence-corrected chi connectivity index (χ1v) is 12.8. The Hall–Kier alpha value is -3.08. The molecule has 1 radical (unpaired) electrons. The number of carbonyl (C=O) groups is 1. The van der Waals surface area contributed by atoms with Crippen molar-refractivity contribution in [1.29, 1.82) is 0 Å². The minimum absolute atomic E-state index is 0. The number of nitrogens with zero attached hydrogens (tertiary/aromatic N) is 2. The molecule has 37 heavy (non-hydrogen) atoms. The van der Waals surface area contributed by atoms with Gasteiger partial charge in [-0.3, -0.25) is 9.78 Å². The Morgan fingerprint density at radius 3 is 2.38 bits per heavy atom. The number of ether oxygens (including phenoxy) is 1. The van der Waals surface area contributed by atoms with Gasteiger partial charge in [0.2, 0.25) is 5.88 Å². The van der Waals surface area contributed by atoms with Crippen molar-refractivity contribution in [2.45, 2.75) is 53.4 Å². The number of fused-ring (bicyclic) bond motifs is 4.